The SMILES string of the molecule is COC(=O)CCc1c(C)nc(N)nc1N1CCC(OC)(c2ccccc2)CC1. The number of carbonyl (C=O) groups excluding carboxylic acids is 1. The maximum Gasteiger partial charge on any atom is 0.305 e. The molecule has 0 amide bonds. The third kappa shape index (κ3) is 4.09. The van der Waals surface area contributed by atoms with Crippen LogP contribution in [0.25, 0.3) is 0 Å². The summed E-state index contributed by atoms with van der Waals surface area (Å²) in [4.78, 5) is 22.6. The highest BCUT2D eigenvalue weighted by Crippen LogP contribution is 2.38. The maximum atomic E-state index is 11.6. The van der Waals surface area contributed by atoms with Crippen molar-refractivity contribution >= 4 is 17.7 Å². The molecule has 28 heavy (non-hydrogen) atoms. The summed E-state index contributed by atoms with van der Waals surface area (Å²) >= 11 is 0. The number of nitrogens with two attached hydrogens (primary N) is 1. The van der Waals surface area contributed by atoms with Crippen molar-refractivity contribution in [1.29, 1.82) is 0 Å². The number of carbonyl (C=O) groups is 1. The van der Waals surface area contributed by atoms with Gasteiger partial charge in [-0.15, -0.1) is 0 Å². The number of nitrogen functional groups attached to an aromatic ring is 1. The summed E-state index contributed by atoms with van der Waals surface area (Å²) in [5.41, 5.74) is 8.58. The lowest BCUT2D eigenvalue weighted by Gasteiger charge is -2.42. The Morgan fingerprint density at radius 2 is 1.86 bits per heavy atom. The lowest BCUT2D eigenvalue weighted by atomic mass is 9.84. The van der Waals surface area contributed by atoms with Gasteiger partial charge in [0.05, 0.1) is 12.7 Å². The molecular weight excluding hydrogens is 356 g/mol. The van der Waals surface area contributed by atoms with Gasteiger partial charge in [0.25, 0.3) is 0 Å². The predicted octanol–water partition coefficient (Wildman–Crippen LogP) is 2.61. The first kappa shape index (κ1) is 20.1. The fraction of sp³-hybridized carbons (Fsp3) is 0.476. The number of anilines is 2. The van der Waals surface area contributed by atoms with Crippen molar-refractivity contribution in [2.75, 3.05) is 37.9 Å². The van der Waals surface area contributed by atoms with Gasteiger partial charge in [-0.05, 0) is 31.7 Å². The zero-order valence-corrected chi connectivity index (χ0v) is 16.8. The number of aryl methyl sites for hydroxylation is 1. The Balaban J connectivity index is 1.82. The fourth-order valence-electron chi connectivity index (χ4n) is 3.92. The Bertz CT molecular complexity index is 818. The van der Waals surface area contributed by atoms with Gasteiger partial charge < -0.3 is 20.1 Å². The first-order valence-electron chi connectivity index (χ1n) is 9.54. The van der Waals surface area contributed by atoms with E-state index in [1.165, 1.54) is 12.7 Å². The highest BCUT2D eigenvalue weighted by Gasteiger charge is 2.37. The van der Waals surface area contributed by atoms with Crippen LogP contribution in [-0.4, -0.2) is 43.2 Å². The molecule has 0 radical (unpaired) electrons. The number of hydrogen-bond donors (Lipinski definition) is 1. The van der Waals surface area contributed by atoms with Crippen LogP contribution in [-0.2, 0) is 26.3 Å². The van der Waals surface area contributed by atoms with Gasteiger partial charge in [0.1, 0.15) is 5.82 Å². The predicted molar refractivity (Wildman–Crippen MR) is 108 cm³/mol. The summed E-state index contributed by atoms with van der Waals surface area (Å²) in [7, 11) is 3.17. The molecule has 7 nitrogen and oxygen atoms in total. The van der Waals surface area contributed by atoms with E-state index in [0.29, 0.717) is 6.42 Å². The zero-order chi connectivity index (χ0) is 20.1. The van der Waals surface area contributed by atoms with E-state index in [2.05, 4.69) is 27.0 Å². The normalized spacial score (nSPS) is 16.0. The smallest absolute Gasteiger partial charge is 0.305 e. The number of rotatable bonds is 6. The zero-order valence-electron chi connectivity index (χ0n) is 16.8. The Morgan fingerprint density at radius 3 is 2.46 bits per heavy atom. The molecule has 2 heterocycles. The van der Waals surface area contributed by atoms with Crippen molar-refractivity contribution in [3.8, 4) is 0 Å². The number of nitrogens with zero attached hydrogens (tertiary/aromatic N) is 3. The monoisotopic (exact) mass is 384 g/mol. The lowest BCUT2D eigenvalue weighted by Crippen LogP contribution is -2.44. The van der Waals surface area contributed by atoms with Gasteiger partial charge >= 0.3 is 5.97 Å². The average molecular weight is 384 g/mol. The minimum absolute atomic E-state index is 0.247. The molecule has 0 unspecified atom stereocenters. The molecule has 0 bridgehead atoms. The molecule has 1 aromatic heterocycles. The van der Waals surface area contributed by atoms with Crippen molar-refractivity contribution in [1.82, 2.24) is 9.97 Å². The van der Waals surface area contributed by atoms with E-state index in [1.807, 2.05) is 25.1 Å². The molecule has 1 aliphatic rings. The van der Waals surface area contributed by atoms with Gasteiger partial charge in [-0.1, -0.05) is 30.3 Å². The quantitative estimate of drug-likeness (QED) is 0.766. The molecule has 0 aliphatic carbocycles. The van der Waals surface area contributed by atoms with Crippen molar-refractivity contribution in [2.24, 2.45) is 0 Å². The number of ether oxygens (including phenoxy) is 2. The summed E-state index contributed by atoms with van der Waals surface area (Å²) in [6.07, 6.45) is 2.50. The lowest BCUT2D eigenvalue weighted by molar-refractivity contribution is -0.140. The number of hydrogen-bond acceptors (Lipinski definition) is 7. The Morgan fingerprint density at radius 1 is 1.18 bits per heavy atom. The Labute approximate surface area is 165 Å². The van der Waals surface area contributed by atoms with Crippen LogP contribution in [0.4, 0.5) is 11.8 Å². The number of piperidine rings is 1. The Hall–Kier alpha value is -2.67. The molecule has 3 rings (SSSR count). The second-order valence-electron chi connectivity index (χ2n) is 7.10. The molecule has 0 saturated carbocycles. The van der Waals surface area contributed by atoms with Gasteiger partial charge in [0.2, 0.25) is 5.95 Å². The van der Waals surface area contributed by atoms with Gasteiger partial charge in [0, 0.05) is 37.9 Å². The van der Waals surface area contributed by atoms with E-state index in [-0.39, 0.29) is 23.9 Å². The average Bonchev–Trinajstić information content (AvgIpc) is 2.73. The van der Waals surface area contributed by atoms with Crippen molar-refractivity contribution in [2.45, 2.75) is 38.2 Å². The third-order valence-corrected chi connectivity index (χ3v) is 5.58. The molecule has 7 heteroatoms. The highest BCUT2D eigenvalue weighted by molar-refractivity contribution is 5.70. The summed E-state index contributed by atoms with van der Waals surface area (Å²) in [5, 5.41) is 0. The molecule has 1 aliphatic heterocycles. The molecule has 1 aromatic carbocycles. The molecule has 2 aromatic rings. The van der Waals surface area contributed by atoms with Crippen LogP contribution in [0.5, 0.6) is 0 Å². The first-order valence-corrected chi connectivity index (χ1v) is 9.54. The van der Waals surface area contributed by atoms with Crippen LogP contribution in [0.1, 0.15) is 36.1 Å². The topological polar surface area (TPSA) is 90.6 Å². The van der Waals surface area contributed by atoms with Crippen LogP contribution in [0.3, 0.4) is 0 Å². The molecule has 150 valence electrons. The van der Waals surface area contributed by atoms with Gasteiger partial charge in [-0.3, -0.25) is 4.79 Å². The van der Waals surface area contributed by atoms with Crippen molar-refractivity contribution in [3.05, 3.63) is 47.2 Å². The minimum atomic E-state index is -0.294. The molecule has 1 saturated heterocycles. The number of methoxy groups -OCH3 is 2. The van der Waals surface area contributed by atoms with Crippen LogP contribution >= 0.6 is 0 Å². The summed E-state index contributed by atoms with van der Waals surface area (Å²) in [6.45, 7) is 3.47. The van der Waals surface area contributed by atoms with Crippen LogP contribution in [0.15, 0.2) is 30.3 Å². The highest BCUT2D eigenvalue weighted by atomic mass is 16.5. The molecular formula is C21H28N4O3. The van der Waals surface area contributed by atoms with Gasteiger partial charge in [-0.25, -0.2) is 4.98 Å². The molecule has 2 N–H and O–H groups in total. The van der Waals surface area contributed by atoms with Crippen LogP contribution < -0.4 is 10.6 Å². The van der Waals surface area contributed by atoms with Gasteiger partial charge in [-0.2, -0.15) is 4.98 Å². The molecule has 1 fully saturated rings. The van der Waals surface area contributed by atoms with Gasteiger partial charge in [0.15, 0.2) is 0 Å². The maximum absolute atomic E-state index is 11.6. The van der Waals surface area contributed by atoms with E-state index >= 15 is 0 Å². The fourth-order valence-corrected chi connectivity index (χ4v) is 3.92. The standard InChI is InChI=1S/C21H28N4O3/c1-15-17(9-10-18(26)27-2)19(24-20(22)23-15)25-13-11-21(28-3,12-14-25)16-7-5-4-6-8-16/h4-8H,9-14H2,1-3H3,(H2,22,23,24). The van der Waals surface area contributed by atoms with Crippen LogP contribution in [0.2, 0.25) is 0 Å². The van der Waals surface area contributed by atoms with Crippen LogP contribution in [0, 0.1) is 6.92 Å². The van der Waals surface area contributed by atoms with E-state index in [1.54, 1.807) is 7.11 Å². The summed E-state index contributed by atoms with van der Waals surface area (Å²) in [5.74, 6) is 0.816. The van der Waals surface area contributed by atoms with Crippen molar-refractivity contribution < 1.29 is 14.3 Å². The third-order valence-electron chi connectivity index (χ3n) is 5.58. The van der Waals surface area contributed by atoms with Crippen molar-refractivity contribution in [3.63, 3.8) is 0 Å². The number of benzene rings is 1. The Kier molecular flexibility index (Phi) is 6.14. The summed E-state index contributed by atoms with van der Waals surface area (Å²) < 4.78 is 10.8. The van der Waals surface area contributed by atoms with E-state index < -0.39 is 0 Å². The largest absolute Gasteiger partial charge is 0.469 e. The second-order valence-corrected chi connectivity index (χ2v) is 7.10. The summed E-state index contributed by atoms with van der Waals surface area (Å²) in [6, 6.07) is 10.3. The second kappa shape index (κ2) is 8.56. The van der Waals surface area contributed by atoms with E-state index in [9.17, 15) is 4.79 Å². The molecule has 0 spiro atoms. The number of esters is 1. The number of aromatic nitrogens is 2. The van der Waals surface area contributed by atoms with E-state index in [0.717, 1.165) is 43.0 Å². The molecule has 0 atom stereocenters. The van der Waals surface area contributed by atoms with E-state index in [4.69, 9.17) is 15.2 Å². The first-order chi connectivity index (χ1) is 13.5. The minimum Gasteiger partial charge on any atom is -0.469 e.